The predicted octanol–water partition coefficient (Wildman–Crippen LogP) is 3.67. The molecule has 1 aromatic carbocycles. The monoisotopic (exact) mass is 437 g/mol. The van der Waals surface area contributed by atoms with E-state index in [4.69, 9.17) is 15.0 Å². The fourth-order valence-corrected chi connectivity index (χ4v) is 3.60. The fraction of sp³-hybridized carbons (Fsp3) is 0.143. The van der Waals surface area contributed by atoms with Gasteiger partial charge in [-0.1, -0.05) is 5.16 Å². The molecule has 0 aliphatic rings. The Morgan fingerprint density at radius 1 is 1.26 bits per heavy atom. The Morgan fingerprint density at radius 3 is 2.68 bits per heavy atom. The summed E-state index contributed by atoms with van der Waals surface area (Å²) >= 11 is 1.28. The number of thiazole rings is 1. The SMILES string of the molecule is Cc1noc(C)c1COc1ccc(C(=O)Nc2nc(-c3c[nH]c(C(N)=O)c3)cs2)cc1. The molecule has 3 aromatic heterocycles. The molecule has 0 aliphatic heterocycles. The number of hydrogen-bond donors (Lipinski definition) is 3. The predicted molar refractivity (Wildman–Crippen MR) is 115 cm³/mol. The van der Waals surface area contributed by atoms with Gasteiger partial charge in [0.15, 0.2) is 5.13 Å². The van der Waals surface area contributed by atoms with Crippen molar-refractivity contribution in [1.29, 1.82) is 0 Å². The standard InChI is InChI=1S/C21H19N5O4S/c1-11-16(12(2)30-26-11)9-29-15-5-3-13(4-6-15)20(28)25-21-24-18(10-31-21)14-7-17(19(22)27)23-8-14/h3-8,10,23H,9H2,1-2H3,(H2,22,27)(H,24,25,28). The molecule has 10 heteroatoms. The van der Waals surface area contributed by atoms with Crippen LogP contribution in [0.4, 0.5) is 5.13 Å². The molecule has 0 fully saturated rings. The van der Waals surface area contributed by atoms with Gasteiger partial charge >= 0.3 is 0 Å². The molecule has 0 unspecified atom stereocenters. The zero-order valence-corrected chi connectivity index (χ0v) is 17.6. The summed E-state index contributed by atoms with van der Waals surface area (Å²) < 4.78 is 10.9. The van der Waals surface area contributed by atoms with Gasteiger partial charge in [0.1, 0.15) is 23.8 Å². The van der Waals surface area contributed by atoms with Crippen molar-refractivity contribution in [2.24, 2.45) is 5.73 Å². The molecular formula is C21H19N5O4S. The zero-order valence-electron chi connectivity index (χ0n) is 16.8. The highest BCUT2D eigenvalue weighted by Crippen LogP contribution is 2.26. The number of benzene rings is 1. The van der Waals surface area contributed by atoms with E-state index in [2.05, 4.69) is 20.4 Å². The van der Waals surface area contributed by atoms with Crippen molar-refractivity contribution in [2.45, 2.75) is 20.5 Å². The number of nitrogens with zero attached hydrogens (tertiary/aromatic N) is 2. The van der Waals surface area contributed by atoms with Crippen LogP contribution in [0.25, 0.3) is 11.3 Å². The summed E-state index contributed by atoms with van der Waals surface area (Å²) in [5.74, 6) is 0.520. The first-order valence-electron chi connectivity index (χ1n) is 9.31. The highest BCUT2D eigenvalue weighted by Gasteiger charge is 2.13. The van der Waals surface area contributed by atoms with E-state index in [9.17, 15) is 9.59 Å². The van der Waals surface area contributed by atoms with Crippen LogP contribution in [0.3, 0.4) is 0 Å². The summed E-state index contributed by atoms with van der Waals surface area (Å²) in [5.41, 5.74) is 9.06. The number of nitrogens with two attached hydrogens (primary N) is 1. The number of H-pyrrole nitrogens is 1. The van der Waals surface area contributed by atoms with Crippen molar-refractivity contribution in [3.63, 3.8) is 0 Å². The Hall–Kier alpha value is -3.92. The van der Waals surface area contributed by atoms with Gasteiger partial charge in [0.2, 0.25) is 0 Å². The minimum absolute atomic E-state index is 0.287. The zero-order chi connectivity index (χ0) is 22.0. The molecule has 0 bridgehead atoms. The van der Waals surface area contributed by atoms with Crippen LogP contribution in [0.5, 0.6) is 5.75 Å². The molecule has 0 radical (unpaired) electrons. The van der Waals surface area contributed by atoms with Gasteiger partial charge in [-0.2, -0.15) is 0 Å². The van der Waals surface area contributed by atoms with E-state index < -0.39 is 5.91 Å². The van der Waals surface area contributed by atoms with E-state index in [1.165, 1.54) is 11.3 Å². The van der Waals surface area contributed by atoms with Crippen LogP contribution in [0.2, 0.25) is 0 Å². The van der Waals surface area contributed by atoms with E-state index >= 15 is 0 Å². The summed E-state index contributed by atoms with van der Waals surface area (Å²) in [6.07, 6.45) is 1.64. The minimum atomic E-state index is -0.547. The largest absolute Gasteiger partial charge is 0.489 e. The van der Waals surface area contributed by atoms with Crippen LogP contribution in [0, 0.1) is 13.8 Å². The number of hydrogen-bond acceptors (Lipinski definition) is 7. The summed E-state index contributed by atoms with van der Waals surface area (Å²) in [4.78, 5) is 30.9. The number of primary amides is 1. The lowest BCUT2D eigenvalue weighted by Gasteiger charge is -2.07. The molecule has 4 aromatic rings. The highest BCUT2D eigenvalue weighted by atomic mass is 32.1. The number of rotatable bonds is 7. The molecule has 0 saturated heterocycles. The quantitative estimate of drug-likeness (QED) is 0.403. The number of nitrogens with one attached hydrogen (secondary N) is 2. The van der Waals surface area contributed by atoms with Crippen LogP contribution in [-0.2, 0) is 6.61 Å². The molecule has 0 aliphatic carbocycles. The molecule has 4 rings (SSSR count). The summed E-state index contributed by atoms with van der Waals surface area (Å²) in [6, 6.07) is 8.43. The third-order valence-electron chi connectivity index (χ3n) is 4.65. The maximum Gasteiger partial charge on any atom is 0.265 e. The van der Waals surface area contributed by atoms with Crippen molar-refractivity contribution in [3.05, 3.63) is 70.2 Å². The number of carbonyl (C=O) groups excluding carboxylic acids is 2. The molecular weight excluding hydrogens is 418 g/mol. The Morgan fingerprint density at radius 2 is 2.03 bits per heavy atom. The first-order chi connectivity index (χ1) is 14.9. The van der Waals surface area contributed by atoms with E-state index in [1.807, 2.05) is 13.8 Å². The van der Waals surface area contributed by atoms with Crippen molar-refractivity contribution in [2.75, 3.05) is 5.32 Å². The number of anilines is 1. The Balaban J connectivity index is 1.37. The lowest BCUT2D eigenvalue weighted by atomic mass is 10.2. The van der Waals surface area contributed by atoms with Gasteiger partial charge in [0.25, 0.3) is 11.8 Å². The van der Waals surface area contributed by atoms with Gasteiger partial charge in [-0.15, -0.1) is 11.3 Å². The minimum Gasteiger partial charge on any atom is -0.489 e. The van der Waals surface area contributed by atoms with Gasteiger partial charge in [-0.3, -0.25) is 14.9 Å². The van der Waals surface area contributed by atoms with E-state index in [0.717, 1.165) is 17.0 Å². The van der Waals surface area contributed by atoms with Gasteiger partial charge < -0.3 is 20.0 Å². The third kappa shape index (κ3) is 4.48. The number of ether oxygens (including phenoxy) is 1. The van der Waals surface area contributed by atoms with Gasteiger partial charge in [0, 0.05) is 22.7 Å². The molecule has 0 spiro atoms. The average molecular weight is 437 g/mol. The fourth-order valence-electron chi connectivity index (χ4n) is 2.88. The van der Waals surface area contributed by atoms with Crippen LogP contribution in [0.1, 0.15) is 37.9 Å². The molecule has 31 heavy (non-hydrogen) atoms. The van der Waals surface area contributed by atoms with Crippen LogP contribution in [-0.4, -0.2) is 26.9 Å². The van der Waals surface area contributed by atoms with Crippen LogP contribution in [0.15, 0.2) is 46.4 Å². The van der Waals surface area contributed by atoms with Crippen molar-refractivity contribution >= 4 is 28.3 Å². The second-order valence-corrected chi connectivity index (χ2v) is 7.63. The first kappa shape index (κ1) is 20.4. The normalized spacial score (nSPS) is 10.8. The average Bonchev–Trinajstić information content (AvgIpc) is 3.48. The van der Waals surface area contributed by atoms with Gasteiger partial charge in [-0.25, -0.2) is 4.98 Å². The Kier molecular flexibility index (Phi) is 5.54. The number of amides is 2. The van der Waals surface area contributed by atoms with Crippen molar-refractivity contribution < 1.29 is 18.8 Å². The lowest BCUT2D eigenvalue weighted by Crippen LogP contribution is -2.11. The van der Waals surface area contributed by atoms with Gasteiger partial charge in [0.05, 0.1) is 17.0 Å². The van der Waals surface area contributed by atoms with Crippen molar-refractivity contribution in [1.82, 2.24) is 15.1 Å². The smallest absolute Gasteiger partial charge is 0.265 e. The third-order valence-corrected chi connectivity index (χ3v) is 5.41. The maximum absolute atomic E-state index is 12.5. The number of aromatic nitrogens is 3. The van der Waals surface area contributed by atoms with Crippen LogP contribution < -0.4 is 15.8 Å². The summed E-state index contributed by atoms with van der Waals surface area (Å²) in [6.45, 7) is 4.04. The number of carbonyl (C=O) groups is 2. The molecule has 3 heterocycles. The lowest BCUT2D eigenvalue weighted by molar-refractivity contribution is 0.0994. The maximum atomic E-state index is 12.5. The van der Waals surface area contributed by atoms with E-state index in [0.29, 0.717) is 40.0 Å². The number of aryl methyl sites for hydroxylation is 2. The Bertz CT molecular complexity index is 1220. The molecule has 0 saturated carbocycles. The van der Waals surface area contributed by atoms with Gasteiger partial charge in [-0.05, 0) is 44.2 Å². The van der Waals surface area contributed by atoms with Crippen molar-refractivity contribution in [3.8, 4) is 17.0 Å². The topological polar surface area (TPSA) is 136 Å². The van der Waals surface area contributed by atoms with E-state index in [-0.39, 0.29) is 5.91 Å². The molecule has 4 N–H and O–H groups in total. The second kappa shape index (κ2) is 8.44. The summed E-state index contributed by atoms with van der Waals surface area (Å²) in [7, 11) is 0. The summed E-state index contributed by atoms with van der Waals surface area (Å²) in [5, 5.41) is 8.90. The van der Waals surface area contributed by atoms with Crippen LogP contribution >= 0.6 is 11.3 Å². The highest BCUT2D eigenvalue weighted by molar-refractivity contribution is 7.14. The number of aromatic amines is 1. The molecule has 158 valence electrons. The first-order valence-corrected chi connectivity index (χ1v) is 10.2. The molecule has 2 amide bonds. The van der Waals surface area contributed by atoms with E-state index in [1.54, 1.807) is 41.9 Å². The second-order valence-electron chi connectivity index (χ2n) is 6.77. The molecule has 9 nitrogen and oxygen atoms in total. The molecule has 0 atom stereocenters. The Labute approximate surface area is 181 Å².